The van der Waals surface area contributed by atoms with Crippen LogP contribution in [0.2, 0.25) is 0 Å². The molecule has 2 aromatic carbocycles. The summed E-state index contributed by atoms with van der Waals surface area (Å²) in [6.45, 7) is 1.93. The molecule has 144 valence electrons. The summed E-state index contributed by atoms with van der Waals surface area (Å²) in [4.78, 5) is 31.2. The molecule has 2 amide bonds. The first-order chi connectivity index (χ1) is 14.1. The average molecular weight is 383 g/mol. The summed E-state index contributed by atoms with van der Waals surface area (Å²) in [7, 11) is 1.61. The van der Waals surface area contributed by atoms with E-state index in [0.717, 1.165) is 28.1 Å². The molecule has 5 heteroatoms. The lowest BCUT2D eigenvalue weighted by Crippen LogP contribution is -2.29. The van der Waals surface area contributed by atoms with Crippen molar-refractivity contribution in [2.45, 2.75) is 13.5 Å². The molecule has 0 unspecified atom stereocenters. The summed E-state index contributed by atoms with van der Waals surface area (Å²) in [5.74, 6) is -0.204. The van der Waals surface area contributed by atoms with Crippen LogP contribution >= 0.6 is 0 Å². The van der Waals surface area contributed by atoms with Crippen molar-refractivity contribution in [2.75, 3.05) is 11.9 Å². The lowest BCUT2D eigenvalue weighted by Gasteiger charge is -2.25. The molecule has 1 N–H and O–H groups in total. The smallest absolute Gasteiger partial charge is 0.251 e. The van der Waals surface area contributed by atoms with Crippen LogP contribution in [0.5, 0.6) is 0 Å². The molecule has 0 spiro atoms. The maximum atomic E-state index is 12.4. The van der Waals surface area contributed by atoms with Crippen LogP contribution in [-0.2, 0) is 11.3 Å². The van der Waals surface area contributed by atoms with E-state index in [0.29, 0.717) is 17.8 Å². The summed E-state index contributed by atoms with van der Waals surface area (Å²) >= 11 is 0. The number of aromatic nitrogens is 1. The Balaban J connectivity index is 1.84. The third-order valence-corrected chi connectivity index (χ3v) is 5.04. The van der Waals surface area contributed by atoms with Gasteiger partial charge in [-0.2, -0.15) is 0 Å². The van der Waals surface area contributed by atoms with Crippen molar-refractivity contribution in [3.05, 3.63) is 83.0 Å². The fourth-order valence-electron chi connectivity index (χ4n) is 3.55. The van der Waals surface area contributed by atoms with Crippen LogP contribution in [0.25, 0.3) is 23.4 Å². The Morgan fingerprint density at radius 2 is 1.66 bits per heavy atom. The summed E-state index contributed by atoms with van der Waals surface area (Å²) in [5, 5.41) is 2.67. The SMILES string of the molecule is CNC(=O)c1ccccc1-c1ccc2c(n1)CN(C(C)=O)c1ccccc1/C=C\2. The van der Waals surface area contributed by atoms with Gasteiger partial charge in [-0.3, -0.25) is 14.6 Å². The average Bonchev–Trinajstić information content (AvgIpc) is 2.74. The first kappa shape index (κ1) is 18.6. The van der Waals surface area contributed by atoms with Crippen molar-refractivity contribution in [3.63, 3.8) is 0 Å². The lowest BCUT2D eigenvalue weighted by atomic mass is 10.0. The Kier molecular flexibility index (Phi) is 4.96. The predicted octanol–water partition coefficient (Wildman–Crippen LogP) is 4.15. The van der Waals surface area contributed by atoms with Gasteiger partial charge in [0.05, 0.1) is 23.6 Å². The third kappa shape index (κ3) is 3.55. The number of nitrogens with zero attached hydrogens (tertiary/aromatic N) is 2. The van der Waals surface area contributed by atoms with Gasteiger partial charge in [0.1, 0.15) is 0 Å². The number of para-hydroxylation sites is 1. The molecule has 4 rings (SSSR count). The summed E-state index contributed by atoms with van der Waals surface area (Å²) < 4.78 is 0. The Labute approximate surface area is 169 Å². The van der Waals surface area contributed by atoms with Crippen LogP contribution < -0.4 is 10.2 Å². The van der Waals surface area contributed by atoms with Crippen molar-refractivity contribution in [1.29, 1.82) is 0 Å². The minimum absolute atomic E-state index is 0.0448. The van der Waals surface area contributed by atoms with Crippen molar-refractivity contribution in [1.82, 2.24) is 10.3 Å². The highest BCUT2D eigenvalue weighted by atomic mass is 16.2. The molecule has 0 aliphatic carbocycles. The Morgan fingerprint density at radius 1 is 0.931 bits per heavy atom. The first-order valence-electron chi connectivity index (χ1n) is 9.45. The number of benzene rings is 2. The second-order valence-corrected chi connectivity index (χ2v) is 6.85. The second-order valence-electron chi connectivity index (χ2n) is 6.85. The van der Waals surface area contributed by atoms with Gasteiger partial charge in [-0.25, -0.2) is 0 Å². The van der Waals surface area contributed by atoms with Crippen molar-refractivity contribution < 1.29 is 9.59 Å². The number of amides is 2. The monoisotopic (exact) mass is 383 g/mol. The number of carbonyl (C=O) groups excluding carboxylic acids is 2. The number of hydrogen-bond acceptors (Lipinski definition) is 3. The number of rotatable bonds is 2. The number of pyridine rings is 1. The predicted molar refractivity (Wildman–Crippen MR) is 115 cm³/mol. The van der Waals surface area contributed by atoms with E-state index < -0.39 is 0 Å². The van der Waals surface area contributed by atoms with Gasteiger partial charge in [0.2, 0.25) is 5.91 Å². The van der Waals surface area contributed by atoms with E-state index in [2.05, 4.69) is 5.32 Å². The number of fused-ring (bicyclic) bond motifs is 2. The zero-order chi connectivity index (χ0) is 20.4. The molecule has 3 aromatic rings. The zero-order valence-corrected chi connectivity index (χ0v) is 16.3. The van der Waals surface area contributed by atoms with Gasteiger partial charge < -0.3 is 10.2 Å². The standard InChI is InChI=1S/C24H21N3O2/c1-16(28)27-15-22-17(11-12-18-7-3-6-10-23(18)27)13-14-21(26-22)19-8-4-5-9-20(19)24(29)25-2/h3-14H,15H2,1-2H3,(H,25,29)/b12-11-. The molecule has 0 saturated carbocycles. The maximum absolute atomic E-state index is 12.4. The highest BCUT2D eigenvalue weighted by molar-refractivity contribution is 6.00. The highest BCUT2D eigenvalue weighted by Crippen LogP contribution is 2.30. The summed E-state index contributed by atoms with van der Waals surface area (Å²) in [6, 6.07) is 19.1. The summed E-state index contributed by atoms with van der Waals surface area (Å²) in [6.07, 6.45) is 4.02. The molecule has 2 heterocycles. The highest BCUT2D eigenvalue weighted by Gasteiger charge is 2.20. The van der Waals surface area contributed by atoms with Gasteiger partial charge >= 0.3 is 0 Å². The van der Waals surface area contributed by atoms with E-state index in [-0.39, 0.29) is 11.8 Å². The minimum Gasteiger partial charge on any atom is -0.355 e. The second kappa shape index (κ2) is 7.72. The Morgan fingerprint density at radius 3 is 2.45 bits per heavy atom. The molecule has 0 fully saturated rings. The molecule has 1 aromatic heterocycles. The van der Waals surface area contributed by atoms with Gasteiger partial charge in [-0.1, -0.05) is 54.6 Å². The fraction of sp³-hybridized carbons (Fsp3) is 0.125. The fourth-order valence-corrected chi connectivity index (χ4v) is 3.55. The molecule has 29 heavy (non-hydrogen) atoms. The van der Waals surface area contributed by atoms with Gasteiger partial charge in [-0.15, -0.1) is 0 Å². The van der Waals surface area contributed by atoms with Gasteiger partial charge in [0.25, 0.3) is 5.91 Å². The molecule has 0 radical (unpaired) electrons. The van der Waals surface area contributed by atoms with Crippen LogP contribution in [-0.4, -0.2) is 23.8 Å². The lowest BCUT2D eigenvalue weighted by molar-refractivity contribution is -0.116. The zero-order valence-electron chi connectivity index (χ0n) is 16.3. The number of carbonyl (C=O) groups is 2. The molecule has 0 bridgehead atoms. The van der Waals surface area contributed by atoms with Crippen LogP contribution in [0.15, 0.2) is 60.7 Å². The van der Waals surface area contributed by atoms with E-state index in [9.17, 15) is 9.59 Å². The molecule has 1 aliphatic rings. The van der Waals surface area contributed by atoms with E-state index in [1.165, 1.54) is 0 Å². The number of nitrogens with one attached hydrogen (secondary N) is 1. The Hall–Kier alpha value is -3.73. The van der Waals surface area contributed by atoms with Crippen molar-refractivity contribution in [2.24, 2.45) is 0 Å². The van der Waals surface area contributed by atoms with E-state index in [1.807, 2.05) is 66.7 Å². The van der Waals surface area contributed by atoms with Crippen molar-refractivity contribution >= 4 is 29.7 Å². The molecule has 0 saturated heterocycles. The molecular weight excluding hydrogens is 362 g/mol. The largest absolute Gasteiger partial charge is 0.355 e. The topological polar surface area (TPSA) is 62.3 Å². The minimum atomic E-state index is -0.159. The quantitative estimate of drug-likeness (QED) is 0.723. The van der Waals surface area contributed by atoms with Crippen LogP contribution in [0.1, 0.15) is 34.1 Å². The van der Waals surface area contributed by atoms with Gasteiger partial charge in [0, 0.05) is 25.1 Å². The maximum Gasteiger partial charge on any atom is 0.251 e. The van der Waals surface area contributed by atoms with E-state index in [1.54, 1.807) is 24.9 Å². The van der Waals surface area contributed by atoms with Crippen LogP contribution in [0.3, 0.4) is 0 Å². The number of hydrogen-bond donors (Lipinski definition) is 1. The molecule has 5 nitrogen and oxygen atoms in total. The van der Waals surface area contributed by atoms with E-state index in [4.69, 9.17) is 4.98 Å². The summed E-state index contributed by atoms with van der Waals surface area (Å²) in [5.41, 5.74) is 5.62. The van der Waals surface area contributed by atoms with Crippen molar-refractivity contribution in [3.8, 4) is 11.3 Å². The Bertz CT molecular complexity index is 1130. The van der Waals surface area contributed by atoms with Crippen LogP contribution in [0, 0.1) is 0 Å². The van der Waals surface area contributed by atoms with E-state index >= 15 is 0 Å². The van der Waals surface area contributed by atoms with Gasteiger partial charge in [0.15, 0.2) is 0 Å². The number of anilines is 1. The molecular formula is C24H21N3O2. The van der Waals surface area contributed by atoms with Gasteiger partial charge in [-0.05, 0) is 29.3 Å². The van der Waals surface area contributed by atoms with Crippen LogP contribution in [0.4, 0.5) is 5.69 Å². The normalized spacial score (nSPS) is 13.5. The molecule has 1 aliphatic heterocycles. The first-order valence-corrected chi connectivity index (χ1v) is 9.45. The third-order valence-electron chi connectivity index (χ3n) is 5.04. The molecule has 0 atom stereocenters.